The maximum absolute atomic E-state index is 12.6. The molecule has 7 nitrogen and oxygen atoms in total. The highest BCUT2D eigenvalue weighted by atomic mass is 16.5. The molecule has 29 heavy (non-hydrogen) atoms. The second-order valence-corrected chi connectivity index (χ2v) is 10.3. The van der Waals surface area contributed by atoms with Crippen molar-refractivity contribution < 1.29 is 24.2 Å². The topological polar surface area (TPSA) is 105 Å². The van der Waals surface area contributed by atoms with Crippen molar-refractivity contribution >= 4 is 17.9 Å². The summed E-state index contributed by atoms with van der Waals surface area (Å²) >= 11 is 0. The molecule has 0 aromatic rings. The first-order chi connectivity index (χ1) is 13.7. The number of hydrogen-bond acceptors (Lipinski definition) is 5. The van der Waals surface area contributed by atoms with Crippen LogP contribution in [0.3, 0.4) is 0 Å². The molecule has 5 saturated carbocycles. The Bertz CT molecular complexity index is 658. The van der Waals surface area contributed by atoms with E-state index in [0.29, 0.717) is 18.3 Å². The van der Waals surface area contributed by atoms with Gasteiger partial charge < -0.3 is 15.2 Å². The molecule has 3 N–H and O–H groups in total. The maximum Gasteiger partial charge on any atom is 0.321 e. The third kappa shape index (κ3) is 4.76. The molecule has 5 fully saturated rings. The Morgan fingerprint density at radius 1 is 1.07 bits per heavy atom. The zero-order valence-corrected chi connectivity index (χ0v) is 17.4. The van der Waals surface area contributed by atoms with Crippen LogP contribution in [0.5, 0.6) is 0 Å². The summed E-state index contributed by atoms with van der Waals surface area (Å²) in [6.07, 6.45) is 9.92. The van der Waals surface area contributed by atoms with Crippen molar-refractivity contribution in [3.63, 3.8) is 0 Å². The Balaban J connectivity index is 1.25. The average molecular weight is 407 g/mol. The number of rotatable bonds is 5. The van der Waals surface area contributed by atoms with Gasteiger partial charge in [0.2, 0.25) is 0 Å². The highest BCUT2D eigenvalue weighted by Crippen LogP contribution is 2.62. The van der Waals surface area contributed by atoms with Crippen LogP contribution in [0.2, 0.25) is 0 Å². The van der Waals surface area contributed by atoms with Gasteiger partial charge in [-0.2, -0.15) is 0 Å². The summed E-state index contributed by atoms with van der Waals surface area (Å²) < 4.78 is 5.36. The minimum Gasteiger partial charge on any atom is -0.453 e. The quantitative estimate of drug-likeness (QED) is 0.609. The molecule has 0 radical (unpaired) electrons. The molecule has 3 atom stereocenters. The van der Waals surface area contributed by atoms with Crippen LogP contribution in [-0.2, 0) is 14.3 Å². The molecule has 5 aliphatic carbocycles. The van der Waals surface area contributed by atoms with Gasteiger partial charge in [-0.1, -0.05) is 19.3 Å². The number of imide groups is 1. The second kappa shape index (κ2) is 7.89. The minimum absolute atomic E-state index is 0.108. The van der Waals surface area contributed by atoms with E-state index in [0.717, 1.165) is 57.8 Å². The molecule has 0 aliphatic heterocycles. The number of carbonyl (C=O) groups excluding carboxylic acids is 3. The molecule has 0 aromatic heterocycles. The van der Waals surface area contributed by atoms with E-state index in [1.54, 1.807) is 0 Å². The molecule has 5 aliphatic rings. The van der Waals surface area contributed by atoms with E-state index in [1.165, 1.54) is 13.3 Å². The van der Waals surface area contributed by atoms with Crippen LogP contribution in [0.1, 0.15) is 84.0 Å². The normalized spacial score (nSPS) is 37.0. The lowest BCUT2D eigenvalue weighted by Crippen LogP contribution is -2.56. The van der Waals surface area contributed by atoms with Gasteiger partial charge in [0.15, 0.2) is 6.10 Å². The molecule has 3 amide bonds. The number of ether oxygens (including phenoxy) is 1. The summed E-state index contributed by atoms with van der Waals surface area (Å²) in [6.45, 7) is 1.49. The van der Waals surface area contributed by atoms with Gasteiger partial charge in [-0.15, -0.1) is 0 Å². The van der Waals surface area contributed by atoms with Crippen LogP contribution < -0.4 is 10.6 Å². The molecule has 5 rings (SSSR count). The summed E-state index contributed by atoms with van der Waals surface area (Å²) in [5.74, 6) is -0.0156. The van der Waals surface area contributed by atoms with Gasteiger partial charge in [0.25, 0.3) is 5.91 Å². The molecule has 162 valence electrons. The Kier molecular flexibility index (Phi) is 5.62. The number of urea groups is 1. The fraction of sp³-hybridized carbons (Fsp3) is 0.864. The molecule has 4 bridgehead atoms. The molecule has 0 aromatic carbocycles. The minimum atomic E-state index is -1.02. The highest BCUT2D eigenvalue weighted by Gasteiger charge is 2.57. The van der Waals surface area contributed by atoms with Gasteiger partial charge in [0, 0.05) is 6.04 Å². The highest BCUT2D eigenvalue weighted by molar-refractivity contribution is 5.97. The molecule has 0 unspecified atom stereocenters. The monoisotopic (exact) mass is 406 g/mol. The molecule has 7 heteroatoms. The summed E-state index contributed by atoms with van der Waals surface area (Å²) in [5.41, 5.74) is -0.810. The first kappa shape index (κ1) is 20.6. The number of aliphatic hydroxyl groups is 1. The zero-order valence-electron chi connectivity index (χ0n) is 17.4. The van der Waals surface area contributed by atoms with Gasteiger partial charge >= 0.3 is 12.0 Å². The van der Waals surface area contributed by atoms with Crippen molar-refractivity contribution in [2.45, 2.75) is 102 Å². The molecule has 0 saturated heterocycles. The maximum atomic E-state index is 12.6. The average Bonchev–Trinajstić information content (AvgIpc) is 2.59. The number of hydrogen-bond donors (Lipinski definition) is 3. The van der Waals surface area contributed by atoms with Crippen LogP contribution >= 0.6 is 0 Å². The lowest BCUT2D eigenvalue weighted by Gasteiger charge is -2.60. The summed E-state index contributed by atoms with van der Waals surface area (Å²) in [5, 5.41) is 15.9. The van der Waals surface area contributed by atoms with E-state index in [1.807, 2.05) is 0 Å². The Morgan fingerprint density at radius 3 is 2.34 bits per heavy atom. The third-order valence-corrected chi connectivity index (χ3v) is 7.53. The van der Waals surface area contributed by atoms with Gasteiger partial charge in [0.1, 0.15) is 0 Å². The van der Waals surface area contributed by atoms with Crippen molar-refractivity contribution in [2.75, 3.05) is 0 Å². The van der Waals surface area contributed by atoms with Crippen LogP contribution in [0.25, 0.3) is 0 Å². The standard InChI is InChI=1S/C22H34N2O5/c1-14(19(26)24-20(27)23-17-5-3-2-4-6-17)29-18(25)12-21-8-15-7-16(9-21)11-22(28,10-15)13-21/h14-17,28H,2-13H2,1H3,(H2,23,24,26,27)/t14-,15-,16-,21?,22?/m0/s1. The SMILES string of the molecule is C[C@H](OC(=O)CC12C[C@@H]3C[C@H](CC(O)(C3)C1)C2)C(=O)NC(=O)NC1CCCCC1. The first-order valence-electron chi connectivity index (χ1n) is 11.3. The fourth-order valence-corrected chi connectivity index (χ4v) is 6.89. The van der Waals surface area contributed by atoms with E-state index < -0.39 is 29.6 Å². The van der Waals surface area contributed by atoms with Crippen LogP contribution in [0.4, 0.5) is 4.79 Å². The van der Waals surface area contributed by atoms with E-state index >= 15 is 0 Å². The number of esters is 1. The summed E-state index contributed by atoms with van der Waals surface area (Å²) in [6, 6.07) is -0.413. The molecule has 0 heterocycles. The van der Waals surface area contributed by atoms with Crippen LogP contribution in [-0.4, -0.2) is 40.8 Å². The summed E-state index contributed by atoms with van der Waals surface area (Å²) in [7, 11) is 0. The number of nitrogens with one attached hydrogen (secondary N) is 2. The lowest BCUT2D eigenvalue weighted by molar-refractivity contribution is -0.180. The van der Waals surface area contributed by atoms with Crippen molar-refractivity contribution in [1.29, 1.82) is 0 Å². The molecular weight excluding hydrogens is 372 g/mol. The Labute approximate surface area is 172 Å². The van der Waals surface area contributed by atoms with Crippen LogP contribution in [0, 0.1) is 17.3 Å². The van der Waals surface area contributed by atoms with Gasteiger partial charge in [-0.05, 0) is 75.5 Å². The van der Waals surface area contributed by atoms with Crippen LogP contribution in [0.15, 0.2) is 0 Å². The van der Waals surface area contributed by atoms with Crippen molar-refractivity contribution in [2.24, 2.45) is 17.3 Å². The second-order valence-electron chi connectivity index (χ2n) is 10.3. The van der Waals surface area contributed by atoms with Gasteiger partial charge in [-0.25, -0.2) is 4.79 Å². The lowest BCUT2D eigenvalue weighted by atomic mass is 9.47. The van der Waals surface area contributed by atoms with Gasteiger partial charge in [0.05, 0.1) is 12.0 Å². The largest absolute Gasteiger partial charge is 0.453 e. The van der Waals surface area contributed by atoms with Gasteiger partial charge in [-0.3, -0.25) is 14.9 Å². The number of amides is 3. The Morgan fingerprint density at radius 2 is 1.72 bits per heavy atom. The summed E-state index contributed by atoms with van der Waals surface area (Å²) in [4.78, 5) is 36.9. The third-order valence-electron chi connectivity index (χ3n) is 7.53. The number of carbonyl (C=O) groups is 3. The predicted octanol–water partition coefficient (Wildman–Crippen LogP) is 2.80. The smallest absolute Gasteiger partial charge is 0.321 e. The van der Waals surface area contributed by atoms with E-state index in [4.69, 9.17) is 4.74 Å². The van der Waals surface area contributed by atoms with E-state index in [2.05, 4.69) is 10.6 Å². The molecular formula is C22H34N2O5. The van der Waals surface area contributed by atoms with Crippen molar-refractivity contribution in [3.8, 4) is 0 Å². The molecule has 0 spiro atoms. The van der Waals surface area contributed by atoms with E-state index in [9.17, 15) is 19.5 Å². The predicted molar refractivity (Wildman–Crippen MR) is 106 cm³/mol. The Hall–Kier alpha value is -1.63. The van der Waals surface area contributed by atoms with Crippen molar-refractivity contribution in [3.05, 3.63) is 0 Å². The first-order valence-corrected chi connectivity index (χ1v) is 11.3. The zero-order chi connectivity index (χ0) is 20.6. The fourth-order valence-electron chi connectivity index (χ4n) is 6.89. The van der Waals surface area contributed by atoms with Crippen molar-refractivity contribution in [1.82, 2.24) is 10.6 Å². The van der Waals surface area contributed by atoms with E-state index in [-0.39, 0.29) is 17.9 Å².